The largest absolute Gasteiger partial charge is 0.383 e. The molecule has 1 aliphatic heterocycles. The van der Waals surface area contributed by atoms with E-state index in [1.807, 2.05) is 29.1 Å². The van der Waals surface area contributed by atoms with Gasteiger partial charge in [0.05, 0.1) is 46.2 Å². The van der Waals surface area contributed by atoms with Gasteiger partial charge < -0.3 is 10.1 Å². The highest BCUT2D eigenvalue weighted by molar-refractivity contribution is 14.1. The molecule has 1 aliphatic rings. The summed E-state index contributed by atoms with van der Waals surface area (Å²) in [6, 6.07) is 3.14. The van der Waals surface area contributed by atoms with Gasteiger partial charge in [0.2, 0.25) is 0 Å². The summed E-state index contributed by atoms with van der Waals surface area (Å²) >= 11 is 5.57. The highest BCUT2D eigenvalue weighted by Gasteiger charge is 2.35. The third-order valence-electron chi connectivity index (χ3n) is 5.74. The third kappa shape index (κ3) is 5.42. The van der Waals surface area contributed by atoms with Crippen LogP contribution in [0.1, 0.15) is 11.5 Å². The van der Waals surface area contributed by atoms with Crippen LogP contribution in [0.3, 0.4) is 0 Å². The lowest BCUT2D eigenvalue weighted by atomic mass is 9.94. The number of anilines is 1. The number of aromatic nitrogens is 4. The molecule has 0 bridgehead atoms. The number of rotatable bonds is 7. The lowest BCUT2D eigenvalue weighted by Crippen LogP contribution is -2.42. The van der Waals surface area contributed by atoms with Crippen molar-refractivity contribution in [3.05, 3.63) is 52.3 Å². The molecule has 2 N–H and O–H groups in total. The predicted molar refractivity (Wildman–Crippen MR) is 135 cm³/mol. The van der Waals surface area contributed by atoms with Gasteiger partial charge in [-0.2, -0.15) is 10.2 Å². The van der Waals surface area contributed by atoms with E-state index in [1.165, 1.54) is 6.07 Å². The average molecular weight is 650 g/mol. The van der Waals surface area contributed by atoms with Gasteiger partial charge in [-0.3, -0.25) is 14.9 Å². The van der Waals surface area contributed by atoms with E-state index in [4.69, 9.17) is 4.74 Å². The predicted octanol–water partition coefficient (Wildman–Crippen LogP) is 3.76. The maximum Gasteiger partial charge on any atom is 0.320 e. The van der Waals surface area contributed by atoms with Crippen LogP contribution in [-0.2, 0) is 11.8 Å². The van der Waals surface area contributed by atoms with Gasteiger partial charge in [0.15, 0.2) is 11.6 Å². The Hall–Kier alpha value is -2.10. The Labute approximate surface area is 217 Å². The summed E-state index contributed by atoms with van der Waals surface area (Å²) in [6.07, 6.45) is 3.50. The van der Waals surface area contributed by atoms with Crippen molar-refractivity contribution in [3.8, 4) is 11.3 Å². The minimum atomic E-state index is -0.905. The average Bonchev–Trinajstić information content (AvgIpc) is 3.48. The first-order chi connectivity index (χ1) is 16.3. The second-order valence-corrected chi connectivity index (χ2v) is 9.77. The van der Waals surface area contributed by atoms with Crippen molar-refractivity contribution in [2.24, 2.45) is 7.05 Å². The number of likely N-dealkylation sites (tertiary alicyclic amines) is 1. The maximum absolute atomic E-state index is 13.9. The lowest BCUT2D eigenvalue weighted by Gasteiger charge is -2.21. The summed E-state index contributed by atoms with van der Waals surface area (Å²) in [5.41, 5.74) is 2.07. The fourth-order valence-corrected chi connectivity index (χ4v) is 5.16. The molecule has 4 rings (SSSR count). The van der Waals surface area contributed by atoms with Crippen LogP contribution in [0.5, 0.6) is 0 Å². The molecular formula is C21H23BrF2IN7O2. The lowest BCUT2D eigenvalue weighted by molar-refractivity contribution is 0.159. The van der Waals surface area contributed by atoms with Crippen molar-refractivity contribution in [2.45, 2.75) is 12.0 Å². The fourth-order valence-electron chi connectivity index (χ4n) is 4.07. The van der Waals surface area contributed by atoms with E-state index in [0.29, 0.717) is 47.8 Å². The SMILES string of the molecule is COCCN1C[C@@H](NC(=O)Nc2c(Br)c(-c3cnn(I)c3)nn2C)[C@H](c2ccc(F)c(F)c2)C1. The van der Waals surface area contributed by atoms with Crippen LogP contribution in [0, 0.1) is 11.6 Å². The first kappa shape index (κ1) is 25.0. The van der Waals surface area contributed by atoms with Gasteiger partial charge in [-0.25, -0.2) is 16.5 Å². The van der Waals surface area contributed by atoms with Gasteiger partial charge in [0.1, 0.15) is 11.5 Å². The number of hydrogen-bond donors (Lipinski definition) is 2. The minimum absolute atomic E-state index is 0.210. The number of hydrogen-bond acceptors (Lipinski definition) is 5. The molecule has 3 aromatic rings. The van der Waals surface area contributed by atoms with E-state index in [-0.39, 0.29) is 12.0 Å². The number of ether oxygens (including phenoxy) is 1. The monoisotopic (exact) mass is 649 g/mol. The van der Waals surface area contributed by atoms with E-state index in [1.54, 1.807) is 34.0 Å². The number of nitrogens with one attached hydrogen (secondary N) is 2. The Morgan fingerprint density at radius 3 is 2.79 bits per heavy atom. The third-order valence-corrected chi connectivity index (χ3v) is 7.02. The van der Waals surface area contributed by atoms with Crippen LogP contribution in [0.15, 0.2) is 35.1 Å². The van der Waals surface area contributed by atoms with Crippen LogP contribution >= 0.6 is 38.8 Å². The van der Waals surface area contributed by atoms with Crippen molar-refractivity contribution in [3.63, 3.8) is 0 Å². The quantitative estimate of drug-likeness (QED) is 0.381. The Morgan fingerprint density at radius 1 is 1.32 bits per heavy atom. The van der Waals surface area contributed by atoms with Gasteiger partial charge >= 0.3 is 6.03 Å². The maximum atomic E-state index is 13.9. The number of nitrogens with zero attached hydrogens (tertiary/aromatic N) is 5. The highest BCUT2D eigenvalue weighted by atomic mass is 127. The van der Waals surface area contributed by atoms with Crippen LogP contribution in [0.2, 0.25) is 0 Å². The molecule has 0 saturated carbocycles. The second kappa shape index (κ2) is 10.7. The molecule has 0 spiro atoms. The topological polar surface area (TPSA) is 89.2 Å². The molecular weight excluding hydrogens is 627 g/mol. The first-order valence-electron chi connectivity index (χ1n) is 10.4. The number of amides is 2. The molecule has 2 amide bonds. The number of urea groups is 1. The molecule has 34 heavy (non-hydrogen) atoms. The first-order valence-corrected chi connectivity index (χ1v) is 12.2. The summed E-state index contributed by atoms with van der Waals surface area (Å²) in [7, 11) is 3.35. The zero-order valence-corrected chi connectivity index (χ0v) is 22.2. The Morgan fingerprint density at radius 2 is 2.12 bits per heavy atom. The molecule has 0 radical (unpaired) electrons. The van der Waals surface area contributed by atoms with E-state index in [2.05, 4.69) is 41.7 Å². The second-order valence-electron chi connectivity index (χ2n) is 7.99. The van der Waals surface area contributed by atoms with Crippen LogP contribution in [0.25, 0.3) is 11.3 Å². The van der Waals surface area contributed by atoms with E-state index < -0.39 is 17.7 Å². The molecule has 182 valence electrons. The van der Waals surface area contributed by atoms with E-state index in [9.17, 15) is 13.6 Å². The van der Waals surface area contributed by atoms with Gasteiger partial charge in [-0.15, -0.1) is 0 Å². The van der Waals surface area contributed by atoms with Gasteiger partial charge in [0, 0.05) is 51.5 Å². The van der Waals surface area contributed by atoms with Crippen LogP contribution in [0.4, 0.5) is 19.4 Å². The minimum Gasteiger partial charge on any atom is -0.383 e. The smallest absolute Gasteiger partial charge is 0.320 e. The molecule has 9 nitrogen and oxygen atoms in total. The number of carbonyl (C=O) groups is 1. The number of halogens is 4. The Balaban J connectivity index is 1.51. The Bertz CT molecular complexity index is 1190. The highest BCUT2D eigenvalue weighted by Crippen LogP contribution is 2.34. The standard InChI is InChI=1S/C21H23BrF2IN7O2/c1-30-20(18(22)19(29-30)13-8-26-32(25)9-13)28-21(33)27-17-11-31(5-6-34-2)10-14(17)12-3-4-15(23)16(24)7-12/h3-4,7-9,14,17H,5-6,10-11H2,1-2H3,(H2,27,28,33)/t14-,17+/m0/s1. The molecule has 13 heteroatoms. The summed E-state index contributed by atoms with van der Waals surface area (Å²) in [5, 5.41) is 14.5. The molecule has 0 unspecified atom stereocenters. The van der Waals surface area contributed by atoms with Crippen LogP contribution < -0.4 is 10.6 Å². The summed E-state index contributed by atoms with van der Waals surface area (Å²) in [5.74, 6) is -1.53. The van der Waals surface area contributed by atoms with Crippen molar-refractivity contribution in [2.75, 3.05) is 38.7 Å². The van der Waals surface area contributed by atoms with Crippen molar-refractivity contribution in [1.29, 1.82) is 0 Å². The number of methoxy groups -OCH3 is 1. The normalized spacial score (nSPS) is 18.4. The van der Waals surface area contributed by atoms with Gasteiger partial charge in [-0.05, 0) is 33.6 Å². The number of aryl methyl sites for hydroxylation is 1. The van der Waals surface area contributed by atoms with Crippen molar-refractivity contribution in [1.82, 2.24) is 28.0 Å². The van der Waals surface area contributed by atoms with Gasteiger partial charge in [-0.1, -0.05) is 6.07 Å². The summed E-state index contributed by atoms with van der Waals surface area (Å²) in [4.78, 5) is 15.1. The van der Waals surface area contributed by atoms with Gasteiger partial charge in [0.25, 0.3) is 0 Å². The van der Waals surface area contributed by atoms with E-state index >= 15 is 0 Å². The molecule has 3 heterocycles. The number of carbonyl (C=O) groups excluding carboxylic acids is 1. The van der Waals surface area contributed by atoms with Crippen molar-refractivity contribution < 1.29 is 18.3 Å². The summed E-state index contributed by atoms with van der Waals surface area (Å²) in [6.45, 7) is 2.33. The van der Waals surface area contributed by atoms with E-state index in [0.717, 1.165) is 11.6 Å². The fraction of sp³-hybridized carbons (Fsp3) is 0.381. The summed E-state index contributed by atoms with van der Waals surface area (Å²) < 4.78 is 36.4. The van der Waals surface area contributed by atoms with Crippen LogP contribution in [-0.4, -0.2) is 68.1 Å². The zero-order valence-electron chi connectivity index (χ0n) is 18.4. The molecule has 1 fully saturated rings. The molecule has 2 atom stereocenters. The van der Waals surface area contributed by atoms with Crippen molar-refractivity contribution >= 4 is 50.6 Å². The Kier molecular flexibility index (Phi) is 7.84. The molecule has 1 saturated heterocycles. The zero-order chi connectivity index (χ0) is 24.4. The molecule has 1 aromatic carbocycles. The molecule has 0 aliphatic carbocycles. The molecule has 2 aromatic heterocycles. The number of benzene rings is 1.